The SMILES string of the molecule is CCO[P+](=O)C(OC(=O)C(F)(F)F)C(=O)OC. The van der Waals surface area contributed by atoms with Gasteiger partial charge in [-0.15, -0.1) is 4.52 Å². The fourth-order valence-corrected chi connectivity index (χ4v) is 1.49. The molecule has 6 nitrogen and oxygen atoms in total. The van der Waals surface area contributed by atoms with Crippen molar-refractivity contribution in [2.24, 2.45) is 0 Å². The van der Waals surface area contributed by atoms with Gasteiger partial charge in [0.1, 0.15) is 0 Å². The van der Waals surface area contributed by atoms with Gasteiger partial charge in [-0.1, -0.05) is 0 Å². The summed E-state index contributed by atoms with van der Waals surface area (Å²) >= 11 is 0. The quantitative estimate of drug-likeness (QED) is 0.557. The van der Waals surface area contributed by atoms with Gasteiger partial charge in [-0.2, -0.15) is 13.2 Å². The summed E-state index contributed by atoms with van der Waals surface area (Å²) in [4.78, 5) is 21.4. The highest BCUT2D eigenvalue weighted by molar-refractivity contribution is 7.41. The fraction of sp³-hybridized carbons (Fsp3) is 0.714. The van der Waals surface area contributed by atoms with Crippen molar-refractivity contribution in [2.75, 3.05) is 13.7 Å². The van der Waals surface area contributed by atoms with Crippen LogP contribution in [-0.2, 0) is 28.2 Å². The number of carbonyl (C=O) groups excluding carboxylic acids is 2. The molecule has 0 bridgehead atoms. The van der Waals surface area contributed by atoms with Crippen molar-refractivity contribution in [3.8, 4) is 0 Å². The molecule has 0 aliphatic carbocycles. The highest BCUT2D eigenvalue weighted by Crippen LogP contribution is 2.32. The van der Waals surface area contributed by atoms with E-state index in [1.54, 1.807) is 0 Å². The third-order valence-electron chi connectivity index (χ3n) is 1.30. The number of methoxy groups -OCH3 is 1. The third-order valence-corrected chi connectivity index (χ3v) is 2.51. The molecule has 2 unspecified atom stereocenters. The average molecular weight is 277 g/mol. The van der Waals surface area contributed by atoms with Gasteiger partial charge in [0.15, 0.2) is 0 Å². The van der Waals surface area contributed by atoms with E-state index in [1.165, 1.54) is 6.92 Å². The first kappa shape index (κ1) is 15.8. The van der Waals surface area contributed by atoms with Gasteiger partial charge in [-0.25, -0.2) is 9.59 Å². The molecule has 0 aromatic carbocycles. The smallest absolute Gasteiger partial charge is 0.463 e. The summed E-state index contributed by atoms with van der Waals surface area (Å²) in [5.41, 5.74) is 0. The van der Waals surface area contributed by atoms with Crippen molar-refractivity contribution in [2.45, 2.75) is 18.9 Å². The van der Waals surface area contributed by atoms with Crippen molar-refractivity contribution < 1.29 is 41.3 Å². The molecular formula is C7H9F3O6P+. The van der Waals surface area contributed by atoms with Gasteiger partial charge in [0.25, 0.3) is 0 Å². The maximum Gasteiger partial charge on any atom is 0.566 e. The lowest BCUT2D eigenvalue weighted by atomic mass is 10.6. The summed E-state index contributed by atoms with van der Waals surface area (Å²) in [7, 11) is -2.10. The molecule has 0 aromatic heterocycles. The lowest BCUT2D eigenvalue weighted by Crippen LogP contribution is -2.33. The van der Waals surface area contributed by atoms with Crippen LogP contribution in [0.15, 0.2) is 0 Å². The lowest BCUT2D eigenvalue weighted by molar-refractivity contribution is -0.203. The number of hydrogen-bond acceptors (Lipinski definition) is 6. The Kier molecular flexibility index (Phi) is 6.04. The van der Waals surface area contributed by atoms with Gasteiger partial charge in [0.2, 0.25) is 0 Å². The summed E-state index contributed by atoms with van der Waals surface area (Å²) in [5.74, 6) is -6.27. The molecular weight excluding hydrogens is 268 g/mol. The second kappa shape index (κ2) is 6.51. The maximum atomic E-state index is 11.9. The predicted octanol–water partition coefficient (Wildman–Crippen LogP) is 1.37. The Balaban J connectivity index is 4.78. The number of halogens is 3. The summed E-state index contributed by atoms with van der Waals surface area (Å²) < 4.78 is 59.0. The molecule has 0 N–H and O–H groups in total. The molecule has 0 rings (SSSR count). The van der Waals surface area contributed by atoms with Gasteiger partial charge in [-0.3, -0.25) is 0 Å². The molecule has 0 aliphatic heterocycles. The summed E-state index contributed by atoms with van der Waals surface area (Å²) in [6.45, 7) is 1.26. The van der Waals surface area contributed by atoms with Gasteiger partial charge >= 0.3 is 32.0 Å². The predicted molar refractivity (Wildman–Crippen MR) is 47.2 cm³/mol. The molecule has 0 spiro atoms. The molecule has 0 fully saturated rings. The highest BCUT2D eigenvalue weighted by atomic mass is 31.1. The molecule has 0 aromatic rings. The van der Waals surface area contributed by atoms with Crippen molar-refractivity contribution in [1.29, 1.82) is 0 Å². The van der Waals surface area contributed by atoms with Crippen LogP contribution in [0.5, 0.6) is 0 Å². The molecule has 0 aliphatic rings. The van der Waals surface area contributed by atoms with E-state index in [-0.39, 0.29) is 6.61 Å². The zero-order chi connectivity index (χ0) is 13.6. The average Bonchev–Trinajstić information content (AvgIpc) is 2.23. The molecule has 0 amide bonds. The van der Waals surface area contributed by atoms with E-state index in [4.69, 9.17) is 0 Å². The number of rotatable bonds is 5. The Morgan fingerprint density at radius 2 is 1.88 bits per heavy atom. The minimum Gasteiger partial charge on any atom is -0.463 e. The number of hydrogen-bond donors (Lipinski definition) is 0. The monoisotopic (exact) mass is 277 g/mol. The number of esters is 2. The number of carbonyl (C=O) groups is 2. The van der Waals surface area contributed by atoms with Crippen LogP contribution in [0.3, 0.4) is 0 Å². The van der Waals surface area contributed by atoms with Crippen LogP contribution in [0.25, 0.3) is 0 Å². The van der Waals surface area contributed by atoms with Crippen LogP contribution in [0.4, 0.5) is 13.2 Å². The summed E-state index contributed by atoms with van der Waals surface area (Å²) in [5, 5.41) is 0. The molecule has 98 valence electrons. The van der Waals surface area contributed by atoms with Crippen LogP contribution in [0.2, 0.25) is 0 Å². The molecule has 0 saturated heterocycles. The minimum absolute atomic E-state index is 0.133. The van der Waals surface area contributed by atoms with E-state index in [0.717, 1.165) is 7.11 Å². The largest absolute Gasteiger partial charge is 0.566 e. The molecule has 0 heterocycles. The Bertz CT molecular complexity index is 315. The van der Waals surface area contributed by atoms with Crippen molar-refractivity contribution in [3.63, 3.8) is 0 Å². The highest BCUT2D eigenvalue weighted by Gasteiger charge is 2.51. The number of ether oxygens (including phenoxy) is 2. The van der Waals surface area contributed by atoms with Gasteiger partial charge in [0, 0.05) is 0 Å². The fourth-order valence-electron chi connectivity index (χ4n) is 0.641. The topological polar surface area (TPSA) is 78.9 Å². The second-order valence-electron chi connectivity index (χ2n) is 2.48. The van der Waals surface area contributed by atoms with Crippen molar-refractivity contribution >= 4 is 20.0 Å². The Hall–Kier alpha value is -1.21. The molecule has 17 heavy (non-hydrogen) atoms. The van der Waals surface area contributed by atoms with E-state index < -0.39 is 32.0 Å². The number of alkyl halides is 3. The standard InChI is InChI=1S/C7H9F3O6P/c1-3-15-17(13)5(4(11)14-2)16-6(12)7(8,9)10/h5H,3H2,1-2H3/q+1. The molecule has 0 radical (unpaired) electrons. The summed E-state index contributed by atoms with van der Waals surface area (Å²) in [6, 6.07) is 0. The Morgan fingerprint density at radius 3 is 2.24 bits per heavy atom. The zero-order valence-electron chi connectivity index (χ0n) is 8.82. The molecule has 2 atom stereocenters. The van der Waals surface area contributed by atoms with E-state index in [1.807, 2.05) is 0 Å². The van der Waals surface area contributed by atoms with Crippen LogP contribution in [0.1, 0.15) is 6.92 Å². The second-order valence-corrected chi connectivity index (χ2v) is 3.78. The minimum atomic E-state index is -5.30. The third kappa shape index (κ3) is 5.10. The van der Waals surface area contributed by atoms with Gasteiger partial charge in [0.05, 0.1) is 13.7 Å². The normalized spacial score (nSPS) is 13.8. The van der Waals surface area contributed by atoms with Crippen LogP contribution in [-0.4, -0.2) is 37.7 Å². The Morgan fingerprint density at radius 1 is 1.35 bits per heavy atom. The first-order chi connectivity index (χ1) is 7.73. The van der Waals surface area contributed by atoms with Crippen molar-refractivity contribution in [1.82, 2.24) is 0 Å². The van der Waals surface area contributed by atoms with E-state index in [9.17, 15) is 27.3 Å². The Labute approximate surface area is 94.9 Å². The van der Waals surface area contributed by atoms with Gasteiger partial charge < -0.3 is 9.47 Å². The van der Waals surface area contributed by atoms with Crippen LogP contribution in [0, 0.1) is 0 Å². The van der Waals surface area contributed by atoms with Gasteiger partial charge in [-0.05, 0) is 11.5 Å². The first-order valence-electron chi connectivity index (χ1n) is 4.19. The van der Waals surface area contributed by atoms with E-state index in [2.05, 4.69) is 14.0 Å². The van der Waals surface area contributed by atoms with Crippen LogP contribution < -0.4 is 0 Å². The van der Waals surface area contributed by atoms with E-state index >= 15 is 0 Å². The van der Waals surface area contributed by atoms with E-state index in [0.29, 0.717) is 0 Å². The zero-order valence-corrected chi connectivity index (χ0v) is 9.71. The van der Waals surface area contributed by atoms with Crippen molar-refractivity contribution in [3.05, 3.63) is 0 Å². The molecule has 10 heteroatoms. The van der Waals surface area contributed by atoms with Crippen LogP contribution >= 0.6 is 8.03 Å². The summed E-state index contributed by atoms with van der Waals surface area (Å²) in [6.07, 6.45) is -5.30. The molecule has 0 saturated carbocycles. The lowest BCUT2D eigenvalue weighted by Gasteiger charge is -2.08. The maximum absolute atomic E-state index is 11.9. The first-order valence-corrected chi connectivity index (χ1v) is 5.43.